The number of amides is 1. The van der Waals surface area contributed by atoms with E-state index in [1.54, 1.807) is 30.3 Å². The summed E-state index contributed by atoms with van der Waals surface area (Å²) in [7, 11) is 0. The summed E-state index contributed by atoms with van der Waals surface area (Å²) >= 11 is 0. The molecule has 1 N–H and O–H groups in total. The summed E-state index contributed by atoms with van der Waals surface area (Å²) in [6.45, 7) is 0. The highest BCUT2D eigenvalue weighted by Crippen LogP contribution is 2.14. The van der Waals surface area contributed by atoms with Crippen molar-refractivity contribution in [1.29, 1.82) is 0 Å². The largest absolute Gasteiger partial charge is 0.320 e. The van der Waals surface area contributed by atoms with Gasteiger partial charge in [-0.2, -0.15) is 10.2 Å². The maximum Gasteiger partial charge on any atom is 0.258 e. The number of rotatable bonds is 4. The second kappa shape index (κ2) is 6.55. The third-order valence-corrected chi connectivity index (χ3v) is 3.60. The molecule has 0 bridgehead atoms. The Balaban J connectivity index is 1.49. The Morgan fingerprint density at radius 3 is 2.65 bits per heavy atom. The van der Waals surface area contributed by atoms with Crippen molar-refractivity contribution in [2.75, 3.05) is 5.32 Å². The summed E-state index contributed by atoms with van der Waals surface area (Å²) in [5.41, 5.74) is 1.08. The minimum atomic E-state index is -0.421. The zero-order valence-electron chi connectivity index (χ0n) is 13.3. The third-order valence-electron chi connectivity index (χ3n) is 3.60. The molecule has 128 valence electrons. The van der Waals surface area contributed by atoms with Gasteiger partial charge in [0.25, 0.3) is 5.91 Å². The summed E-state index contributed by atoms with van der Waals surface area (Å²) in [4.78, 5) is 20.4. The molecule has 9 heteroatoms. The van der Waals surface area contributed by atoms with Gasteiger partial charge >= 0.3 is 0 Å². The van der Waals surface area contributed by atoms with Crippen molar-refractivity contribution >= 4 is 11.6 Å². The minimum Gasteiger partial charge on any atom is -0.320 e. The van der Waals surface area contributed by atoms with Crippen LogP contribution in [0.15, 0.2) is 67.6 Å². The van der Waals surface area contributed by atoms with E-state index in [4.69, 9.17) is 0 Å². The second-order valence-corrected chi connectivity index (χ2v) is 5.32. The molecular weight excluding hydrogens is 337 g/mol. The molecule has 8 nitrogen and oxygen atoms in total. The molecule has 0 aliphatic heterocycles. The molecule has 0 saturated heterocycles. The fraction of sp³-hybridized carbons (Fsp3) is 0. The van der Waals surface area contributed by atoms with Crippen molar-refractivity contribution in [3.8, 4) is 11.5 Å². The van der Waals surface area contributed by atoms with Gasteiger partial charge in [-0.25, -0.2) is 23.7 Å². The molecule has 0 spiro atoms. The molecule has 0 fully saturated rings. The SMILES string of the molecule is O=C(Nc1ccc(-n2cncn2)nc1)c1cnn(-c2ccccc2F)c1. The highest BCUT2D eigenvalue weighted by atomic mass is 19.1. The summed E-state index contributed by atoms with van der Waals surface area (Å²) in [5, 5.41) is 10.7. The molecule has 0 aliphatic carbocycles. The Morgan fingerprint density at radius 2 is 1.92 bits per heavy atom. The molecule has 0 atom stereocenters. The molecule has 0 aliphatic rings. The molecule has 1 aromatic carbocycles. The molecule has 3 aromatic heterocycles. The number of halogens is 1. The first-order chi connectivity index (χ1) is 12.7. The van der Waals surface area contributed by atoms with Crippen LogP contribution in [0, 0.1) is 5.82 Å². The Bertz CT molecular complexity index is 1040. The molecule has 1 amide bonds. The Hall–Kier alpha value is -3.88. The van der Waals surface area contributed by atoms with Crippen LogP contribution in [-0.2, 0) is 0 Å². The van der Waals surface area contributed by atoms with Gasteiger partial charge in [0, 0.05) is 6.20 Å². The van der Waals surface area contributed by atoms with E-state index in [0.29, 0.717) is 17.1 Å². The number of para-hydroxylation sites is 1. The Morgan fingerprint density at radius 1 is 1.04 bits per heavy atom. The smallest absolute Gasteiger partial charge is 0.258 e. The highest BCUT2D eigenvalue weighted by Gasteiger charge is 2.12. The first kappa shape index (κ1) is 15.6. The van der Waals surface area contributed by atoms with Crippen molar-refractivity contribution in [2.45, 2.75) is 0 Å². The number of benzene rings is 1. The number of hydrogen-bond acceptors (Lipinski definition) is 5. The quantitative estimate of drug-likeness (QED) is 0.610. The van der Waals surface area contributed by atoms with Crippen molar-refractivity contribution in [1.82, 2.24) is 29.5 Å². The van der Waals surface area contributed by atoms with Crippen LogP contribution in [0.2, 0.25) is 0 Å². The molecule has 0 radical (unpaired) electrons. The van der Waals surface area contributed by atoms with Crippen LogP contribution in [0.25, 0.3) is 11.5 Å². The zero-order chi connectivity index (χ0) is 17.9. The number of aromatic nitrogens is 6. The predicted octanol–water partition coefficient (Wildman–Crippen LogP) is 2.24. The fourth-order valence-electron chi connectivity index (χ4n) is 2.33. The van der Waals surface area contributed by atoms with Crippen LogP contribution in [0.3, 0.4) is 0 Å². The van der Waals surface area contributed by atoms with Gasteiger partial charge in [0.1, 0.15) is 24.2 Å². The molecule has 0 saturated carbocycles. The molecule has 4 aromatic rings. The third kappa shape index (κ3) is 3.05. The van der Waals surface area contributed by atoms with Crippen molar-refractivity contribution in [3.05, 3.63) is 79.0 Å². The van der Waals surface area contributed by atoms with Gasteiger partial charge in [0.05, 0.1) is 23.6 Å². The summed E-state index contributed by atoms with van der Waals surface area (Å²) in [6.07, 6.45) is 7.28. The lowest BCUT2D eigenvalue weighted by atomic mass is 10.3. The highest BCUT2D eigenvalue weighted by molar-refractivity contribution is 6.03. The lowest BCUT2D eigenvalue weighted by molar-refractivity contribution is 0.102. The Kier molecular flexibility index (Phi) is 3.94. The van der Waals surface area contributed by atoms with E-state index in [2.05, 4.69) is 25.5 Å². The maximum atomic E-state index is 13.8. The van der Waals surface area contributed by atoms with Crippen LogP contribution in [0.5, 0.6) is 0 Å². The van der Waals surface area contributed by atoms with E-state index in [9.17, 15) is 9.18 Å². The van der Waals surface area contributed by atoms with Gasteiger partial charge in [0.2, 0.25) is 0 Å². The second-order valence-electron chi connectivity index (χ2n) is 5.32. The van der Waals surface area contributed by atoms with Crippen LogP contribution < -0.4 is 5.32 Å². The molecule has 0 unspecified atom stereocenters. The Labute approximate surface area is 146 Å². The molecule has 3 heterocycles. The first-order valence-electron chi connectivity index (χ1n) is 7.63. The predicted molar refractivity (Wildman–Crippen MR) is 90.6 cm³/mol. The lowest BCUT2D eigenvalue weighted by Crippen LogP contribution is -2.11. The van der Waals surface area contributed by atoms with Gasteiger partial charge in [-0.3, -0.25) is 4.79 Å². The number of carbonyl (C=O) groups is 1. The van der Waals surface area contributed by atoms with E-state index in [1.165, 1.54) is 46.7 Å². The number of carbonyl (C=O) groups excluding carboxylic acids is 1. The number of pyridine rings is 1. The van der Waals surface area contributed by atoms with E-state index in [-0.39, 0.29) is 11.6 Å². The van der Waals surface area contributed by atoms with Crippen LogP contribution in [0.1, 0.15) is 10.4 Å². The van der Waals surface area contributed by atoms with E-state index >= 15 is 0 Å². The summed E-state index contributed by atoms with van der Waals surface area (Å²) < 4.78 is 16.6. The monoisotopic (exact) mass is 349 g/mol. The van der Waals surface area contributed by atoms with Gasteiger partial charge in [-0.15, -0.1) is 0 Å². The van der Waals surface area contributed by atoms with E-state index in [0.717, 1.165) is 0 Å². The number of hydrogen-bond donors (Lipinski definition) is 1. The normalized spacial score (nSPS) is 10.7. The van der Waals surface area contributed by atoms with Gasteiger partial charge in [0.15, 0.2) is 5.82 Å². The molecular formula is C17H12FN7O. The van der Waals surface area contributed by atoms with Crippen molar-refractivity contribution in [3.63, 3.8) is 0 Å². The minimum absolute atomic E-state index is 0.269. The standard InChI is InChI=1S/C17H12FN7O/c18-14-3-1-2-4-15(14)24-9-12(7-21-24)17(26)23-13-5-6-16(20-8-13)25-11-19-10-22-25/h1-11H,(H,23,26). The maximum absolute atomic E-state index is 13.8. The zero-order valence-corrected chi connectivity index (χ0v) is 13.3. The van der Waals surface area contributed by atoms with E-state index < -0.39 is 5.82 Å². The van der Waals surface area contributed by atoms with Crippen LogP contribution in [-0.4, -0.2) is 35.4 Å². The van der Waals surface area contributed by atoms with Gasteiger partial charge < -0.3 is 5.32 Å². The van der Waals surface area contributed by atoms with E-state index in [1.807, 2.05) is 0 Å². The summed E-state index contributed by atoms with van der Waals surface area (Å²) in [5.74, 6) is -0.216. The average molecular weight is 349 g/mol. The van der Waals surface area contributed by atoms with Gasteiger partial charge in [-0.1, -0.05) is 12.1 Å². The topological polar surface area (TPSA) is 90.5 Å². The van der Waals surface area contributed by atoms with Gasteiger partial charge in [-0.05, 0) is 24.3 Å². The fourth-order valence-corrected chi connectivity index (χ4v) is 2.33. The lowest BCUT2D eigenvalue weighted by Gasteiger charge is -2.05. The first-order valence-corrected chi connectivity index (χ1v) is 7.63. The average Bonchev–Trinajstić information content (AvgIpc) is 3.35. The number of nitrogens with zero attached hydrogens (tertiary/aromatic N) is 6. The molecule has 26 heavy (non-hydrogen) atoms. The number of anilines is 1. The van der Waals surface area contributed by atoms with Crippen molar-refractivity contribution < 1.29 is 9.18 Å². The number of nitrogens with one attached hydrogen (secondary N) is 1. The van der Waals surface area contributed by atoms with Crippen LogP contribution in [0.4, 0.5) is 10.1 Å². The van der Waals surface area contributed by atoms with Crippen molar-refractivity contribution in [2.24, 2.45) is 0 Å². The summed E-state index contributed by atoms with van der Waals surface area (Å²) in [6, 6.07) is 9.60. The molecule has 4 rings (SSSR count). The van der Waals surface area contributed by atoms with Crippen LogP contribution >= 0.6 is 0 Å².